The fraction of sp³-hybridized carbons (Fsp3) is 0.538. The number of nitrogens with one attached hydrogen (secondary N) is 2. The maximum absolute atomic E-state index is 11.1. The van der Waals surface area contributed by atoms with Crippen molar-refractivity contribution in [3.05, 3.63) is 58.1 Å². The molecule has 0 aliphatic heterocycles. The Morgan fingerprint density at radius 1 is 0.735 bits per heavy atom. The van der Waals surface area contributed by atoms with E-state index in [0.717, 1.165) is 0 Å². The predicted molar refractivity (Wildman–Crippen MR) is 132 cm³/mol. The Morgan fingerprint density at radius 3 is 1.74 bits per heavy atom. The van der Waals surface area contributed by atoms with Gasteiger partial charge < -0.3 is 41.3 Å². The molecule has 0 saturated heterocycles. The number of aromatic hydroxyl groups is 2. The highest BCUT2D eigenvalue weighted by atomic mass is 16.3. The SMILES string of the molecule is CC(C)(C)NC[C@H](O)c1ccc(O)c([C@@H](O)c2cc([C@@H](O)CNC(C)(C)C)cc(CO)c2O)c1. The molecule has 8 N–H and O–H groups in total. The molecule has 8 heteroatoms. The topological polar surface area (TPSA) is 145 Å². The monoisotopic (exact) mass is 476 g/mol. The average Bonchev–Trinajstić information content (AvgIpc) is 2.74. The molecule has 0 unspecified atom stereocenters. The van der Waals surface area contributed by atoms with Crippen molar-refractivity contribution < 1.29 is 30.6 Å². The summed E-state index contributed by atoms with van der Waals surface area (Å²) >= 11 is 0. The van der Waals surface area contributed by atoms with Crippen molar-refractivity contribution in [2.75, 3.05) is 13.1 Å². The van der Waals surface area contributed by atoms with Gasteiger partial charge in [0.1, 0.15) is 17.6 Å². The van der Waals surface area contributed by atoms with Crippen LogP contribution in [0, 0.1) is 0 Å². The van der Waals surface area contributed by atoms with Gasteiger partial charge in [0.25, 0.3) is 0 Å². The van der Waals surface area contributed by atoms with E-state index in [1.807, 2.05) is 41.5 Å². The number of phenols is 2. The molecule has 0 fully saturated rings. The van der Waals surface area contributed by atoms with Crippen LogP contribution in [0.3, 0.4) is 0 Å². The summed E-state index contributed by atoms with van der Waals surface area (Å²) in [5, 5.41) is 69.6. The normalized spacial score (nSPS) is 15.2. The Hall–Kier alpha value is -2.20. The zero-order valence-electron chi connectivity index (χ0n) is 20.9. The number of β-amino-alcohol motifs (C(OH)–C–C–N with tert-alkyl or cyclic N) is 2. The van der Waals surface area contributed by atoms with Crippen LogP contribution in [0.4, 0.5) is 0 Å². The molecule has 0 heterocycles. The van der Waals surface area contributed by atoms with E-state index in [2.05, 4.69) is 10.6 Å². The largest absolute Gasteiger partial charge is 0.508 e. The summed E-state index contributed by atoms with van der Waals surface area (Å²) < 4.78 is 0. The zero-order valence-corrected chi connectivity index (χ0v) is 20.9. The van der Waals surface area contributed by atoms with Crippen LogP contribution in [-0.4, -0.2) is 54.8 Å². The highest BCUT2D eigenvalue weighted by Gasteiger charge is 2.24. The van der Waals surface area contributed by atoms with Crippen molar-refractivity contribution in [1.82, 2.24) is 10.6 Å². The number of aliphatic hydroxyl groups is 4. The molecule has 0 aliphatic carbocycles. The van der Waals surface area contributed by atoms with Crippen LogP contribution >= 0.6 is 0 Å². The van der Waals surface area contributed by atoms with Gasteiger partial charge >= 0.3 is 0 Å². The van der Waals surface area contributed by atoms with Gasteiger partial charge in [-0.25, -0.2) is 0 Å². The number of aliphatic hydroxyl groups excluding tert-OH is 4. The van der Waals surface area contributed by atoms with E-state index in [-0.39, 0.29) is 52.4 Å². The number of hydrogen-bond acceptors (Lipinski definition) is 8. The Bertz CT molecular complexity index is 965. The molecule has 2 rings (SSSR count). The highest BCUT2D eigenvalue weighted by molar-refractivity contribution is 5.51. The second-order valence-corrected chi connectivity index (χ2v) is 10.8. The van der Waals surface area contributed by atoms with Crippen LogP contribution < -0.4 is 10.6 Å². The second kappa shape index (κ2) is 11.0. The molecule has 190 valence electrons. The summed E-state index contributed by atoms with van der Waals surface area (Å²) in [6.45, 7) is 11.8. The van der Waals surface area contributed by atoms with Crippen LogP contribution in [0.5, 0.6) is 11.5 Å². The summed E-state index contributed by atoms with van der Waals surface area (Å²) in [4.78, 5) is 0. The van der Waals surface area contributed by atoms with Gasteiger partial charge in [-0.1, -0.05) is 6.07 Å². The summed E-state index contributed by atoms with van der Waals surface area (Å²) in [5.74, 6) is -0.535. The molecule has 0 spiro atoms. The van der Waals surface area contributed by atoms with Gasteiger partial charge in [0.05, 0.1) is 18.8 Å². The van der Waals surface area contributed by atoms with Crippen molar-refractivity contribution in [3.63, 3.8) is 0 Å². The van der Waals surface area contributed by atoms with Crippen molar-refractivity contribution in [2.45, 2.75) is 77.5 Å². The van der Waals surface area contributed by atoms with Gasteiger partial charge in [0, 0.05) is 40.9 Å². The van der Waals surface area contributed by atoms with Gasteiger partial charge in [-0.3, -0.25) is 0 Å². The minimum atomic E-state index is -1.46. The van der Waals surface area contributed by atoms with Gasteiger partial charge in [0.15, 0.2) is 0 Å². The van der Waals surface area contributed by atoms with Gasteiger partial charge in [-0.05, 0) is 76.9 Å². The molecular formula is C26H40N2O6. The lowest BCUT2D eigenvalue weighted by Gasteiger charge is -2.25. The fourth-order valence-electron chi connectivity index (χ4n) is 3.47. The van der Waals surface area contributed by atoms with E-state index in [1.54, 1.807) is 6.07 Å². The molecule has 0 aliphatic rings. The number of rotatable bonds is 9. The van der Waals surface area contributed by atoms with Crippen LogP contribution in [0.25, 0.3) is 0 Å². The standard InChI is InChI=1S/C26H40N2O6/c1-25(2,3)27-12-21(31)15-7-8-20(30)18(10-15)24(34)19-11-16(9-17(14-29)23(19)33)22(32)13-28-26(4,5)6/h7-11,21-22,24,27-34H,12-14H2,1-6H3/t21-,22-,24+/m0/s1. The van der Waals surface area contributed by atoms with Crippen molar-refractivity contribution >= 4 is 0 Å². The third-order valence-electron chi connectivity index (χ3n) is 5.47. The maximum atomic E-state index is 11.1. The number of benzene rings is 2. The summed E-state index contributed by atoms with van der Waals surface area (Å²) in [5.41, 5.74) is 0.724. The van der Waals surface area contributed by atoms with E-state index >= 15 is 0 Å². The molecule has 34 heavy (non-hydrogen) atoms. The molecule has 0 aromatic heterocycles. The van der Waals surface area contributed by atoms with E-state index in [0.29, 0.717) is 11.1 Å². The lowest BCUT2D eigenvalue weighted by atomic mass is 9.92. The Labute approximate surface area is 201 Å². The quantitative estimate of drug-likeness (QED) is 0.276. The molecule has 0 radical (unpaired) electrons. The summed E-state index contributed by atoms with van der Waals surface area (Å²) in [6.07, 6.45) is -3.30. The third kappa shape index (κ3) is 7.66. The lowest BCUT2D eigenvalue weighted by molar-refractivity contribution is 0.161. The number of hydrogen-bond donors (Lipinski definition) is 8. The Balaban J connectivity index is 2.41. The van der Waals surface area contributed by atoms with Gasteiger partial charge in [-0.2, -0.15) is 0 Å². The summed E-state index contributed by atoms with van der Waals surface area (Å²) in [7, 11) is 0. The average molecular weight is 477 g/mol. The molecule has 3 atom stereocenters. The zero-order chi connectivity index (χ0) is 25.8. The van der Waals surface area contributed by atoms with Crippen molar-refractivity contribution in [1.29, 1.82) is 0 Å². The minimum absolute atomic E-state index is 0.0334. The number of phenolic OH excluding ortho intramolecular Hbond substituents is 1. The smallest absolute Gasteiger partial charge is 0.127 e. The first-order valence-corrected chi connectivity index (χ1v) is 11.5. The molecule has 2 aromatic carbocycles. The van der Waals surface area contributed by atoms with Crippen molar-refractivity contribution in [3.8, 4) is 11.5 Å². The maximum Gasteiger partial charge on any atom is 0.127 e. The lowest BCUT2D eigenvalue weighted by Crippen LogP contribution is -2.38. The van der Waals surface area contributed by atoms with E-state index < -0.39 is 24.9 Å². The minimum Gasteiger partial charge on any atom is -0.508 e. The Kier molecular flexibility index (Phi) is 9.10. The predicted octanol–water partition coefficient (Wildman–Crippen LogP) is 2.51. The molecule has 8 nitrogen and oxygen atoms in total. The molecule has 0 bridgehead atoms. The van der Waals surface area contributed by atoms with Crippen LogP contribution in [0.1, 0.15) is 87.7 Å². The second-order valence-electron chi connectivity index (χ2n) is 10.8. The van der Waals surface area contributed by atoms with Gasteiger partial charge in [0.2, 0.25) is 0 Å². The van der Waals surface area contributed by atoms with Gasteiger partial charge in [-0.15, -0.1) is 0 Å². The Morgan fingerprint density at radius 2 is 1.24 bits per heavy atom. The van der Waals surface area contributed by atoms with Crippen molar-refractivity contribution in [2.24, 2.45) is 0 Å². The van der Waals surface area contributed by atoms with Crippen LogP contribution in [-0.2, 0) is 6.61 Å². The third-order valence-corrected chi connectivity index (χ3v) is 5.47. The first kappa shape index (κ1) is 28.0. The molecular weight excluding hydrogens is 436 g/mol. The summed E-state index contributed by atoms with van der Waals surface area (Å²) in [6, 6.07) is 7.37. The molecule has 0 amide bonds. The van der Waals surface area contributed by atoms with Crippen LogP contribution in [0.15, 0.2) is 30.3 Å². The molecule has 2 aromatic rings. The fourth-order valence-corrected chi connectivity index (χ4v) is 3.47. The molecule has 0 saturated carbocycles. The van der Waals surface area contributed by atoms with E-state index in [1.165, 1.54) is 24.3 Å². The van der Waals surface area contributed by atoms with Crippen LogP contribution in [0.2, 0.25) is 0 Å². The van der Waals surface area contributed by atoms with E-state index in [4.69, 9.17) is 0 Å². The first-order valence-electron chi connectivity index (χ1n) is 11.5. The highest BCUT2D eigenvalue weighted by Crippen LogP contribution is 2.38. The first-order chi connectivity index (χ1) is 15.6. The van der Waals surface area contributed by atoms with E-state index in [9.17, 15) is 30.6 Å².